The minimum absolute atomic E-state index is 0.0965. The summed E-state index contributed by atoms with van der Waals surface area (Å²) < 4.78 is 83.1. The van der Waals surface area contributed by atoms with Gasteiger partial charge in [0, 0.05) is 0 Å². The number of fused-ring (bicyclic) bond motifs is 2. The van der Waals surface area contributed by atoms with E-state index in [1.54, 1.807) is 6.92 Å². The van der Waals surface area contributed by atoms with Crippen LogP contribution in [0.3, 0.4) is 0 Å². The molecule has 5 unspecified atom stereocenters. The molecule has 5 atom stereocenters. The molecule has 152 valence electrons. The normalized spacial score (nSPS) is 30.5. The second-order valence-corrected chi connectivity index (χ2v) is 7.65. The number of esters is 1. The third-order valence-electron chi connectivity index (χ3n) is 5.84. The second kappa shape index (κ2) is 7.20. The van der Waals surface area contributed by atoms with E-state index in [9.17, 15) is 36.2 Å². The largest absolute Gasteiger partial charge is 0.462 e. The maximum atomic E-state index is 12.9. The van der Waals surface area contributed by atoms with E-state index in [4.69, 9.17) is 4.74 Å². The third kappa shape index (κ3) is 3.82. The highest BCUT2D eigenvalue weighted by Crippen LogP contribution is 2.56. The van der Waals surface area contributed by atoms with Crippen LogP contribution in [0.25, 0.3) is 0 Å². The van der Waals surface area contributed by atoms with Crippen molar-refractivity contribution in [3.63, 3.8) is 0 Å². The number of aliphatic hydroxyl groups is 1. The highest BCUT2D eigenvalue weighted by Gasteiger charge is 2.71. The molecule has 2 bridgehead atoms. The summed E-state index contributed by atoms with van der Waals surface area (Å²) in [4.78, 5) is 12.1. The lowest BCUT2D eigenvalue weighted by atomic mass is 9.79. The zero-order chi connectivity index (χ0) is 19.9. The summed E-state index contributed by atoms with van der Waals surface area (Å²) >= 11 is 0. The lowest BCUT2D eigenvalue weighted by Crippen LogP contribution is -2.58. The molecule has 0 radical (unpaired) electrons. The van der Waals surface area contributed by atoms with Crippen LogP contribution in [0.2, 0.25) is 0 Å². The van der Waals surface area contributed by atoms with Gasteiger partial charge in [0.1, 0.15) is 6.10 Å². The molecule has 0 aromatic rings. The Hall–Kier alpha value is -0.990. The van der Waals surface area contributed by atoms with Gasteiger partial charge in [-0.15, -0.1) is 0 Å². The fraction of sp³-hybridized carbons (Fsp3) is 0.941. The van der Waals surface area contributed by atoms with Gasteiger partial charge in [0.15, 0.2) is 0 Å². The van der Waals surface area contributed by atoms with E-state index in [2.05, 4.69) is 0 Å². The maximum absolute atomic E-state index is 12.9. The quantitative estimate of drug-likeness (QED) is 0.532. The van der Waals surface area contributed by atoms with E-state index in [0.717, 1.165) is 6.42 Å². The van der Waals surface area contributed by atoms with Crippen molar-refractivity contribution in [3.8, 4) is 0 Å². The van der Waals surface area contributed by atoms with Crippen molar-refractivity contribution in [2.75, 3.05) is 0 Å². The fourth-order valence-corrected chi connectivity index (χ4v) is 4.40. The first-order chi connectivity index (χ1) is 11.8. The van der Waals surface area contributed by atoms with Gasteiger partial charge >= 0.3 is 18.3 Å². The first kappa shape index (κ1) is 21.3. The Morgan fingerprint density at radius 3 is 2.23 bits per heavy atom. The van der Waals surface area contributed by atoms with Gasteiger partial charge in [0.2, 0.25) is 0 Å². The van der Waals surface area contributed by atoms with Crippen molar-refractivity contribution in [3.05, 3.63) is 0 Å². The third-order valence-corrected chi connectivity index (χ3v) is 5.84. The molecule has 0 aromatic heterocycles. The van der Waals surface area contributed by atoms with Crippen LogP contribution in [-0.4, -0.2) is 35.1 Å². The Kier molecular flexibility index (Phi) is 5.90. The summed E-state index contributed by atoms with van der Waals surface area (Å²) in [5, 5.41) is 9.44. The molecule has 2 aliphatic carbocycles. The molecular formula is C17H24F6O3. The lowest BCUT2D eigenvalue weighted by Gasteiger charge is -2.36. The van der Waals surface area contributed by atoms with E-state index >= 15 is 0 Å². The van der Waals surface area contributed by atoms with Crippen LogP contribution in [0.15, 0.2) is 0 Å². The van der Waals surface area contributed by atoms with Crippen LogP contribution < -0.4 is 0 Å². The minimum atomic E-state index is -5.81. The summed E-state index contributed by atoms with van der Waals surface area (Å²) in [6.45, 7) is 3.58. The topological polar surface area (TPSA) is 46.5 Å². The smallest absolute Gasteiger partial charge is 0.426 e. The lowest BCUT2D eigenvalue weighted by molar-refractivity contribution is -0.373. The van der Waals surface area contributed by atoms with Crippen LogP contribution in [0, 0.1) is 23.7 Å². The average molecular weight is 390 g/mol. The van der Waals surface area contributed by atoms with Gasteiger partial charge in [-0.1, -0.05) is 20.3 Å². The van der Waals surface area contributed by atoms with Gasteiger partial charge in [-0.2, -0.15) is 26.3 Å². The molecule has 26 heavy (non-hydrogen) atoms. The molecule has 1 N–H and O–H groups in total. The molecule has 0 amide bonds. The van der Waals surface area contributed by atoms with Gasteiger partial charge < -0.3 is 9.84 Å². The van der Waals surface area contributed by atoms with Gasteiger partial charge in [-0.3, -0.25) is 4.79 Å². The number of alkyl halides is 6. The van der Waals surface area contributed by atoms with Crippen LogP contribution in [0.1, 0.15) is 52.4 Å². The van der Waals surface area contributed by atoms with Crippen molar-refractivity contribution in [1.29, 1.82) is 0 Å². The van der Waals surface area contributed by atoms with Crippen molar-refractivity contribution in [2.45, 2.75) is 76.4 Å². The first-order valence-electron chi connectivity index (χ1n) is 8.88. The molecule has 2 rings (SSSR count). The predicted molar refractivity (Wildman–Crippen MR) is 79.9 cm³/mol. The van der Waals surface area contributed by atoms with Crippen LogP contribution in [0.5, 0.6) is 0 Å². The summed E-state index contributed by atoms with van der Waals surface area (Å²) in [5.74, 6) is -2.62. The molecule has 2 aliphatic rings. The molecule has 0 saturated heterocycles. The van der Waals surface area contributed by atoms with E-state index < -0.39 is 48.3 Å². The number of halogens is 6. The number of rotatable bonds is 6. The highest BCUT2D eigenvalue weighted by atomic mass is 19.4. The standard InChI is InChI=1S/C17H24F6O3/c1-3-4-9(2)14(24)26-13-10-5-6-12(13)11(7-10)8-15(25,16(18,19)20)17(21,22)23/h9-13,25H,3-8H2,1-2H3. The number of carbonyl (C=O) groups is 1. The minimum Gasteiger partial charge on any atom is -0.462 e. The van der Waals surface area contributed by atoms with Gasteiger partial charge in [-0.05, 0) is 49.9 Å². The Morgan fingerprint density at radius 2 is 1.73 bits per heavy atom. The Bertz CT molecular complexity index is 502. The molecule has 0 aliphatic heterocycles. The first-order valence-corrected chi connectivity index (χ1v) is 8.88. The fourth-order valence-electron chi connectivity index (χ4n) is 4.40. The summed E-state index contributed by atoms with van der Waals surface area (Å²) in [7, 11) is 0. The van der Waals surface area contributed by atoms with Gasteiger partial charge in [0.05, 0.1) is 5.92 Å². The van der Waals surface area contributed by atoms with E-state index in [-0.39, 0.29) is 18.3 Å². The van der Waals surface area contributed by atoms with E-state index in [1.165, 1.54) is 0 Å². The van der Waals surface area contributed by atoms with Crippen molar-refractivity contribution < 1.29 is 41.0 Å². The molecule has 2 fully saturated rings. The molecular weight excluding hydrogens is 366 g/mol. The van der Waals surface area contributed by atoms with Crippen LogP contribution in [0.4, 0.5) is 26.3 Å². The van der Waals surface area contributed by atoms with Crippen LogP contribution in [-0.2, 0) is 9.53 Å². The summed E-state index contributed by atoms with van der Waals surface area (Å²) in [5.41, 5.74) is -4.74. The monoisotopic (exact) mass is 390 g/mol. The Labute approximate surface area is 148 Å². The molecule has 2 saturated carbocycles. The molecule has 9 heteroatoms. The van der Waals surface area contributed by atoms with Crippen molar-refractivity contribution in [2.24, 2.45) is 23.7 Å². The predicted octanol–water partition coefficient (Wildman–Crippen LogP) is 4.63. The summed E-state index contributed by atoms with van der Waals surface area (Å²) in [6.07, 6.45) is -11.2. The van der Waals surface area contributed by atoms with Crippen LogP contribution >= 0.6 is 0 Å². The molecule has 0 heterocycles. The number of hydrogen-bond donors (Lipinski definition) is 1. The van der Waals surface area contributed by atoms with Gasteiger partial charge in [-0.25, -0.2) is 0 Å². The molecule has 3 nitrogen and oxygen atoms in total. The van der Waals surface area contributed by atoms with E-state index in [0.29, 0.717) is 19.3 Å². The number of hydrogen-bond acceptors (Lipinski definition) is 3. The molecule has 0 aromatic carbocycles. The number of carbonyl (C=O) groups excluding carboxylic acids is 1. The highest BCUT2D eigenvalue weighted by molar-refractivity contribution is 5.72. The van der Waals surface area contributed by atoms with Crippen molar-refractivity contribution in [1.82, 2.24) is 0 Å². The molecule has 0 spiro atoms. The second-order valence-electron chi connectivity index (χ2n) is 7.65. The summed E-state index contributed by atoms with van der Waals surface area (Å²) in [6, 6.07) is 0. The van der Waals surface area contributed by atoms with Gasteiger partial charge in [0.25, 0.3) is 5.60 Å². The van der Waals surface area contributed by atoms with Crippen molar-refractivity contribution >= 4 is 5.97 Å². The maximum Gasteiger partial charge on any atom is 0.426 e. The number of ether oxygens (including phenoxy) is 1. The zero-order valence-electron chi connectivity index (χ0n) is 14.7. The average Bonchev–Trinajstić information content (AvgIpc) is 3.01. The zero-order valence-corrected chi connectivity index (χ0v) is 14.7. The van der Waals surface area contributed by atoms with E-state index in [1.807, 2.05) is 6.92 Å². The Morgan fingerprint density at radius 1 is 1.15 bits per heavy atom. The SMILES string of the molecule is CCCC(C)C(=O)OC1C2CCC1C(CC(O)(C(F)(F)F)C(F)(F)F)C2. The Balaban J connectivity index is 2.11.